The fourth-order valence-corrected chi connectivity index (χ4v) is 2.93. The molecular weight excluding hydrogens is 282 g/mol. The van der Waals surface area contributed by atoms with Crippen molar-refractivity contribution >= 4 is 5.91 Å². The number of carbonyl (C=O) groups excluding carboxylic acids is 1. The molecule has 0 bridgehead atoms. The number of aromatic amines is 1. The summed E-state index contributed by atoms with van der Waals surface area (Å²) in [6, 6.07) is 0.307. The van der Waals surface area contributed by atoms with Crippen LogP contribution in [0.4, 0.5) is 0 Å². The molecule has 0 radical (unpaired) electrons. The number of nitrogens with zero attached hydrogens (tertiary/aromatic N) is 3. The van der Waals surface area contributed by atoms with Gasteiger partial charge in [0.1, 0.15) is 17.8 Å². The van der Waals surface area contributed by atoms with E-state index in [9.17, 15) is 9.90 Å². The van der Waals surface area contributed by atoms with Crippen molar-refractivity contribution in [2.24, 2.45) is 5.92 Å². The Bertz CT molecular complexity index is 506. The SMILES string of the molecule is CCc1n[nH]c(CN2CCC(C(O)C(=O)NC3CC3)CC2)n1. The van der Waals surface area contributed by atoms with E-state index in [4.69, 9.17) is 0 Å². The molecule has 1 aromatic heterocycles. The molecule has 1 saturated heterocycles. The summed E-state index contributed by atoms with van der Waals surface area (Å²) in [5.41, 5.74) is 0. The maximum Gasteiger partial charge on any atom is 0.249 e. The highest BCUT2D eigenvalue weighted by Crippen LogP contribution is 2.24. The average Bonchev–Trinajstić information content (AvgIpc) is 3.23. The van der Waals surface area contributed by atoms with E-state index < -0.39 is 6.10 Å². The number of nitrogens with one attached hydrogen (secondary N) is 2. The lowest BCUT2D eigenvalue weighted by molar-refractivity contribution is -0.133. The minimum Gasteiger partial charge on any atom is -0.383 e. The van der Waals surface area contributed by atoms with Crippen LogP contribution < -0.4 is 5.32 Å². The standard InChI is InChI=1S/C15H25N5O2/c1-2-12-17-13(19-18-12)9-20-7-5-10(6-8-20)14(21)15(22)16-11-3-4-11/h10-11,14,21H,2-9H2,1H3,(H,16,22)(H,17,18,19). The van der Waals surface area contributed by atoms with Crippen LogP contribution in [0.5, 0.6) is 0 Å². The normalized spacial score (nSPS) is 21.7. The molecule has 1 amide bonds. The first-order valence-electron chi connectivity index (χ1n) is 8.26. The molecule has 0 spiro atoms. The van der Waals surface area contributed by atoms with Gasteiger partial charge in [0.2, 0.25) is 5.91 Å². The summed E-state index contributed by atoms with van der Waals surface area (Å²) in [7, 11) is 0. The summed E-state index contributed by atoms with van der Waals surface area (Å²) in [4.78, 5) is 18.6. The van der Waals surface area contributed by atoms with E-state index in [0.29, 0.717) is 6.04 Å². The van der Waals surface area contributed by atoms with Crippen LogP contribution in [0.2, 0.25) is 0 Å². The summed E-state index contributed by atoms with van der Waals surface area (Å²) >= 11 is 0. The van der Waals surface area contributed by atoms with Gasteiger partial charge in [0.05, 0.1) is 6.54 Å². The monoisotopic (exact) mass is 307 g/mol. The van der Waals surface area contributed by atoms with Crippen LogP contribution in [-0.4, -0.2) is 56.3 Å². The third kappa shape index (κ3) is 3.84. The van der Waals surface area contributed by atoms with Crippen molar-refractivity contribution in [3.8, 4) is 0 Å². The maximum absolute atomic E-state index is 11.9. The summed E-state index contributed by atoms with van der Waals surface area (Å²) in [5.74, 6) is 1.61. The van der Waals surface area contributed by atoms with Crippen LogP contribution in [-0.2, 0) is 17.8 Å². The highest BCUT2D eigenvalue weighted by atomic mass is 16.3. The minimum absolute atomic E-state index is 0.0657. The molecule has 2 aliphatic rings. The van der Waals surface area contributed by atoms with Crippen molar-refractivity contribution in [1.29, 1.82) is 0 Å². The quantitative estimate of drug-likeness (QED) is 0.699. The van der Waals surface area contributed by atoms with Gasteiger partial charge < -0.3 is 10.4 Å². The van der Waals surface area contributed by atoms with Crippen LogP contribution in [0.25, 0.3) is 0 Å². The molecule has 1 aromatic rings. The second-order valence-electron chi connectivity index (χ2n) is 6.39. The predicted molar refractivity (Wildman–Crippen MR) is 80.9 cm³/mol. The number of aliphatic hydroxyl groups excluding tert-OH is 1. The van der Waals surface area contributed by atoms with Gasteiger partial charge in [0, 0.05) is 12.5 Å². The molecule has 1 aliphatic carbocycles. The molecule has 7 heteroatoms. The van der Waals surface area contributed by atoms with Crippen molar-refractivity contribution in [3.63, 3.8) is 0 Å². The first kappa shape index (κ1) is 15.4. The van der Waals surface area contributed by atoms with Crippen LogP contribution in [0.1, 0.15) is 44.3 Å². The second kappa shape index (κ2) is 6.75. The average molecular weight is 307 g/mol. The van der Waals surface area contributed by atoms with Crippen molar-refractivity contribution in [2.75, 3.05) is 13.1 Å². The van der Waals surface area contributed by atoms with E-state index in [2.05, 4.69) is 25.4 Å². The summed E-state index contributed by atoms with van der Waals surface area (Å²) in [5, 5.41) is 20.2. The third-order valence-electron chi connectivity index (χ3n) is 4.54. The Hall–Kier alpha value is -1.47. The number of aliphatic hydroxyl groups is 1. The van der Waals surface area contributed by atoms with Gasteiger partial charge in [0.15, 0.2) is 0 Å². The fourth-order valence-electron chi connectivity index (χ4n) is 2.93. The Labute approximate surface area is 130 Å². The van der Waals surface area contributed by atoms with Crippen LogP contribution >= 0.6 is 0 Å². The Kier molecular flexibility index (Phi) is 4.73. The highest BCUT2D eigenvalue weighted by molar-refractivity contribution is 5.81. The van der Waals surface area contributed by atoms with E-state index in [1.54, 1.807) is 0 Å². The van der Waals surface area contributed by atoms with E-state index in [0.717, 1.165) is 63.4 Å². The summed E-state index contributed by atoms with van der Waals surface area (Å²) in [6.07, 6.45) is 3.75. The largest absolute Gasteiger partial charge is 0.383 e. The molecule has 1 atom stereocenters. The molecule has 3 N–H and O–H groups in total. The van der Waals surface area contributed by atoms with Crippen molar-refractivity contribution in [2.45, 2.75) is 57.7 Å². The van der Waals surface area contributed by atoms with Gasteiger partial charge in [-0.1, -0.05) is 6.92 Å². The zero-order chi connectivity index (χ0) is 15.5. The van der Waals surface area contributed by atoms with Gasteiger partial charge >= 0.3 is 0 Å². The Balaban J connectivity index is 1.44. The van der Waals surface area contributed by atoms with E-state index in [1.807, 2.05) is 6.92 Å². The number of H-pyrrole nitrogens is 1. The van der Waals surface area contributed by atoms with Gasteiger partial charge in [-0.15, -0.1) is 0 Å². The number of rotatable bonds is 6. The molecule has 2 heterocycles. The highest BCUT2D eigenvalue weighted by Gasteiger charge is 2.33. The number of aryl methyl sites for hydroxylation is 1. The zero-order valence-corrected chi connectivity index (χ0v) is 13.1. The smallest absolute Gasteiger partial charge is 0.249 e. The summed E-state index contributed by atoms with van der Waals surface area (Å²) in [6.45, 7) is 4.54. The molecule has 1 unspecified atom stereocenters. The molecule has 7 nitrogen and oxygen atoms in total. The number of piperidine rings is 1. The van der Waals surface area contributed by atoms with Crippen molar-refractivity contribution < 1.29 is 9.90 Å². The first-order chi connectivity index (χ1) is 10.7. The lowest BCUT2D eigenvalue weighted by atomic mass is 9.90. The number of hydrogen-bond acceptors (Lipinski definition) is 5. The number of amides is 1. The number of likely N-dealkylation sites (tertiary alicyclic amines) is 1. The molecular formula is C15H25N5O2. The number of carbonyl (C=O) groups is 1. The molecule has 1 aliphatic heterocycles. The van der Waals surface area contributed by atoms with Crippen molar-refractivity contribution in [3.05, 3.63) is 11.6 Å². The number of hydrogen-bond donors (Lipinski definition) is 3. The van der Waals surface area contributed by atoms with E-state index in [-0.39, 0.29) is 11.8 Å². The molecule has 0 aromatic carbocycles. The van der Waals surface area contributed by atoms with Crippen LogP contribution in [0.3, 0.4) is 0 Å². The third-order valence-corrected chi connectivity index (χ3v) is 4.54. The zero-order valence-electron chi connectivity index (χ0n) is 13.1. The van der Waals surface area contributed by atoms with Gasteiger partial charge in [-0.05, 0) is 44.7 Å². The molecule has 22 heavy (non-hydrogen) atoms. The first-order valence-corrected chi connectivity index (χ1v) is 8.26. The Morgan fingerprint density at radius 2 is 2.14 bits per heavy atom. The molecule has 3 rings (SSSR count). The maximum atomic E-state index is 11.9. The molecule has 2 fully saturated rings. The van der Waals surface area contributed by atoms with Gasteiger partial charge in [0.25, 0.3) is 0 Å². The van der Waals surface area contributed by atoms with Crippen LogP contribution in [0, 0.1) is 5.92 Å². The van der Waals surface area contributed by atoms with Crippen molar-refractivity contribution in [1.82, 2.24) is 25.4 Å². The molecule has 1 saturated carbocycles. The predicted octanol–water partition coefficient (Wildman–Crippen LogP) is 0.219. The fraction of sp³-hybridized carbons (Fsp3) is 0.800. The topological polar surface area (TPSA) is 94.1 Å². The lowest BCUT2D eigenvalue weighted by Crippen LogP contribution is -2.45. The van der Waals surface area contributed by atoms with E-state index in [1.165, 1.54) is 0 Å². The lowest BCUT2D eigenvalue weighted by Gasteiger charge is -2.33. The Morgan fingerprint density at radius 1 is 1.41 bits per heavy atom. The molecule has 122 valence electrons. The van der Waals surface area contributed by atoms with Crippen LogP contribution in [0.15, 0.2) is 0 Å². The van der Waals surface area contributed by atoms with Gasteiger partial charge in [-0.3, -0.25) is 14.8 Å². The van der Waals surface area contributed by atoms with Gasteiger partial charge in [-0.2, -0.15) is 5.10 Å². The Morgan fingerprint density at radius 3 is 2.73 bits per heavy atom. The minimum atomic E-state index is -0.861. The van der Waals surface area contributed by atoms with Gasteiger partial charge in [-0.25, -0.2) is 4.98 Å². The summed E-state index contributed by atoms with van der Waals surface area (Å²) < 4.78 is 0. The van der Waals surface area contributed by atoms with E-state index >= 15 is 0 Å². The second-order valence-corrected chi connectivity index (χ2v) is 6.39. The number of aromatic nitrogens is 3.